The lowest BCUT2D eigenvalue weighted by molar-refractivity contribution is 1.18. The predicted molar refractivity (Wildman–Crippen MR) is 262 cm³/mol. The third kappa shape index (κ3) is 5.20. The number of nitrogens with zero attached hydrogens (tertiary/aromatic N) is 4. The number of aromatic nitrogens is 2. The molecule has 0 saturated carbocycles. The molecule has 0 aliphatic rings. The molecule has 0 bridgehead atoms. The molecule has 62 heavy (non-hydrogen) atoms. The summed E-state index contributed by atoms with van der Waals surface area (Å²) in [5.41, 5.74) is 13.6. The number of hydrogen-bond acceptors (Lipinski definition) is 2. The van der Waals surface area contributed by atoms with Gasteiger partial charge < -0.3 is 18.9 Å². The Balaban J connectivity index is 1.04. The Kier molecular flexibility index (Phi) is 7.57. The lowest BCUT2D eigenvalue weighted by atomic mass is 10.0. The van der Waals surface area contributed by atoms with Crippen LogP contribution in [0.5, 0.6) is 0 Å². The van der Waals surface area contributed by atoms with Gasteiger partial charge in [0.15, 0.2) is 0 Å². The van der Waals surface area contributed by atoms with Gasteiger partial charge in [0.2, 0.25) is 0 Å². The Labute approximate surface area is 358 Å². The van der Waals surface area contributed by atoms with Gasteiger partial charge in [0.25, 0.3) is 0 Å². The Morgan fingerprint density at radius 1 is 0.226 bits per heavy atom. The SMILES string of the molecule is c1ccc(N(c2cccc(N(c3ccccc3)c3cc4ccc5cccc6c5c4c(c3)n6-c3ccccc3)c2)c2cc3ccc4cccc5c4c3c(c2)n5-c2ccccc2)cc1. The molecule has 2 heterocycles. The van der Waals surface area contributed by atoms with E-state index in [1.165, 1.54) is 65.2 Å². The first-order chi connectivity index (χ1) is 30.8. The average Bonchev–Trinajstić information content (AvgIpc) is 3.86. The van der Waals surface area contributed by atoms with Gasteiger partial charge in [-0.3, -0.25) is 0 Å². The van der Waals surface area contributed by atoms with Gasteiger partial charge in [-0.25, -0.2) is 0 Å². The topological polar surface area (TPSA) is 16.3 Å². The Morgan fingerprint density at radius 2 is 0.581 bits per heavy atom. The van der Waals surface area contributed by atoms with Crippen molar-refractivity contribution in [1.29, 1.82) is 0 Å². The van der Waals surface area contributed by atoms with Gasteiger partial charge in [-0.05, 0) is 125 Å². The Morgan fingerprint density at radius 3 is 1.02 bits per heavy atom. The molecule has 0 aliphatic carbocycles. The van der Waals surface area contributed by atoms with Crippen molar-refractivity contribution in [3.63, 3.8) is 0 Å². The molecule has 0 spiro atoms. The van der Waals surface area contributed by atoms with Gasteiger partial charge in [-0.1, -0.05) is 127 Å². The molecule has 0 saturated heterocycles. The van der Waals surface area contributed by atoms with Crippen molar-refractivity contribution in [3.05, 3.63) is 231 Å². The fraction of sp³-hybridized carbons (Fsp3) is 0. The summed E-state index contributed by atoms with van der Waals surface area (Å²) in [6.07, 6.45) is 0. The molecule has 0 fully saturated rings. The zero-order chi connectivity index (χ0) is 40.7. The van der Waals surface area contributed by atoms with Crippen molar-refractivity contribution in [2.75, 3.05) is 9.80 Å². The molecule has 13 aromatic rings. The fourth-order valence-electron chi connectivity index (χ4n) is 10.1. The zero-order valence-corrected chi connectivity index (χ0v) is 33.7. The van der Waals surface area contributed by atoms with Gasteiger partial charge in [-0.2, -0.15) is 0 Å². The van der Waals surface area contributed by atoms with Crippen LogP contribution in [-0.4, -0.2) is 9.13 Å². The van der Waals surface area contributed by atoms with E-state index in [1.807, 2.05) is 0 Å². The molecular formula is C58H38N4. The summed E-state index contributed by atoms with van der Waals surface area (Å²) in [6, 6.07) is 84.0. The van der Waals surface area contributed by atoms with Gasteiger partial charge >= 0.3 is 0 Å². The summed E-state index contributed by atoms with van der Waals surface area (Å²) in [6.45, 7) is 0. The smallest absolute Gasteiger partial charge is 0.0568 e. The lowest BCUT2D eigenvalue weighted by Crippen LogP contribution is -2.13. The minimum absolute atomic E-state index is 1.06. The first-order valence-corrected chi connectivity index (χ1v) is 21.3. The molecule has 0 aliphatic heterocycles. The predicted octanol–water partition coefficient (Wildman–Crippen LogP) is 16.0. The van der Waals surface area contributed by atoms with Crippen LogP contribution >= 0.6 is 0 Å². The van der Waals surface area contributed by atoms with E-state index in [-0.39, 0.29) is 0 Å². The third-order valence-electron chi connectivity index (χ3n) is 12.7. The van der Waals surface area contributed by atoms with Crippen LogP contribution in [0.4, 0.5) is 34.1 Å². The normalized spacial score (nSPS) is 11.9. The summed E-state index contributed by atoms with van der Waals surface area (Å²) >= 11 is 0. The van der Waals surface area contributed by atoms with E-state index in [9.17, 15) is 0 Å². The number of hydrogen-bond donors (Lipinski definition) is 0. The molecule has 11 aromatic carbocycles. The highest BCUT2D eigenvalue weighted by molar-refractivity contribution is 6.26. The second-order valence-corrected chi connectivity index (χ2v) is 16.2. The summed E-state index contributed by atoms with van der Waals surface area (Å²) in [5, 5.41) is 10.1. The maximum atomic E-state index is 2.43. The molecular weight excluding hydrogens is 753 g/mol. The summed E-state index contributed by atoms with van der Waals surface area (Å²) in [7, 11) is 0. The maximum Gasteiger partial charge on any atom is 0.0568 e. The molecule has 4 nitrogen and oxygen atoms in total. The third-order valence-corrected chi connectivity index (χ3v) is 12.7. The van der Waals surface area contributed by atoms with Gasteiger partial charge in [0, 0.05) is 67.0 Å². The van der Waals surface area contributed by atoms with Crippen LogP contribution in [0.25, 0.3) is 76.5 Å². The molecule has 0 amide bonds. The molecule has 0 unspecified atom stereocenters. The first-order valence-electron chi connectivity index (χ1n) is 21.3. The number of rotatable bonds is 8. The van der Waals surface area contributed by atoms with Crippen molar-refractivity contribution < 1.29 is 0 Å². The highest BCUT2D eigenvalue weighted by Gasteiger charge is 2.24. The molecule has 0 radical (unpaired) electrons. The second-order valence-electron chi connectivity index (χ2n) is 16.2. The van der Waals surface area contributed by atoms with Crippen molar-refractivity contribution >= 4 is 99.3 Å². The minimum Gasteiger partial charge on any atom is -0.310 e. The van der Waals surface area contributed by atoms with E-state index in [0.717, 1.165) is 45.5 Å². The molecule has 290 valence electrons. The number of anilines is 6. The summed E-state index contributed by atoms with van der Waals surface area (Å²) in [4.78, 5) is 4.81. The van der Waals surface area contributed by atoms with Crippen LogP contribution in [0.2, 0.25) is 0 Å². The van der Waals surface area contributed by atoms with Crippen LogP contribution < -0.4 is 9.80 Å². The Hall–Kier alpha value is -8.34. The van der Waals surface area contributed by atoms with Gasteiger partial charge in [-0.15, -0.1) is 0 Å². The zero-order valence-electron chi connectivity index (χ0n) is 33.7. The molecule has 2 aromatic heterocycles. The fourth-order valence-corrected chi connectivity index (χ4v) is 10.1. The number of benzene rings is 11. The van der Waals surface area contributed by atoms with Crippen LogP contribution in [0.3, 0.4) is 0 Å². The monoisotopic (exact) mass is 790 g/mol. The maximum absolute atomic E-state index is 2.43. The van der Waals surface area contributed by atoms with Crippen LogP contribution in [0.15, 0.2) is 231 Å². The minimum atomic E-state index is 1.06. The highest BCUT2D eigenvalue weighted by atomic mass is 15.2. The van der Waals surface area contributed by atoms with E-state index < -0.39 is 0 Å². The van der Waals surface area contributed by atoms with E-state index >= 15 is 0 Å². The molecule has 4 heteroatoms. The van der Waals surface area contributed by atoms with Gasteiger partial charge in [0.05, 0.1) is 22.1 Å². The molecule has 0 atom stereocenters. The lowest BCUT2D eigenvalue weighted by Gasteiger charge is -2.30. The van der Waals surface area contributed by atoms with Crippen LogP contribution in [-0.2, 0) is 0 Å². The van der Waals surface area contributed by atoms with Crippen molar-refractivity contribution in [3.8, 4) is 11.4 Å². The van der Waals surface area contributed by atoms with Crippen LogP contribution in [0.1, 0.15) is 0 Å². The number of para-hydroxylation sites is 4. The highest BCUT2D eigenvalue weighted by Crippen LogP contribution is 2.47. The molecule has 13 rings (SSSR count). The van der Waals surface area contributed by atoms with E-state index in [4.69, 9.17) is 0 Å². The summed E-state index contributed by atoms with van der Waals surface area (Å²) in [5.74, 6) is 0. The van der Waals surface area contributed by atoms with Crippen molar-refractivity contribution in [1.82, 2.24) is 9.13 Å². The van der Waals surface area contributed by atoms with E-state index in [2.05, 4.69) is 249 Å². The first kappa shape index (κ1) is 34.5. The quantitative estimate of drug-likeness (QED) is 0.143. The largest absolute Gasteiger partial charge is 0.310 e. The Bertz CT molecular complexity index is 3490. The standard InChI is InChI=1S/C58H38N4/c1-5-18-43(19-6-1)59(49-34-41-32-30-39-16-13-28-51-55(39)57(41)53(37-49)61(51)45-22-9-3-10-23-45)47-26-15-27-48(36-47)60(44-20-7-2-8-21-44)50-35-42-33-31-40-17-14-29-52-56(40)58(42)54(38-50)62(52)46-24-11-4-12-25-46/h1-38H. The van der Waals surface area contributed by atoms with Gasteiger partial charge in [0.1, 0.15) is 0 Å². The summed E-state index contributed by atoms with van der Waals surface area (Å²) < 4.78 is 4.86. The van der Waals surface area contributed by atoms with E-state index in [0.29, 0.717) is 0 Å². The second kappa shape index (κ2) is 13.6. The molecule has 0 N–H and O–H groups in total. The van der Waals surface area contributed by atoms with Crippen LogP contribution in [0, 0.1) is 0 Å². The van der Waals surface area contributed by atoms with Crippen molar-refractivity contribution in [2.24, 2.45) is 0 Å². The van der Waals surface area contributed by atoms with E-state index in [1.54, 1.807) is 0 Å². The van der Waals surface area contributed by atoms with Crippen molar-refractivity contribution in [2.45, 2.75) is 0 Å². The average molecular weight is 791 g/mol.